The van der Waals surface area contributed by atoms with Gasteiger partial charge in [0.25, 0.3) is 0 Å². The van der Waals surface area contributed by atoms with Crippen molar-refractivity contribution in [2.75, 3.05) is 7.11 Å². The third-order valence-corrected chi connectivity index (χ3v) is 2.67. The zero-order valence-electron chi connectivity index (χ0n) is 10.7. The molecule has 0 aliphatic rings. The van der Waals surface area contributed by atoms with Crippen LogP contribution in [0.4, 0.5) is 0 Å². The van der Waals surface area contributed by atoms with Crippen molar-refractivity contribution in [3.05, 3.63) is 0 Å². The molecule has 0 unspecified atom stereocenters. The minimum Gasteiger partial charge on any atom is -0.381 e. The zero-order valence-corrected chi connectivity index (χ0v) is 10.7. The van der Waals surface area contributed by atoms with Crippen molar-refractivity contribution in [1.29, 1.82) is 0 Å². The molecule has 0 spiro atoms. The van der Waals surface area contributed by atoms with E-state index in [4.69, 9.17) is 4.74 Å². The number of methoxy groups -OCH3 is 1. The van der Waals surface area contributed by atoms with Crippen LogP contribution in [0.25, 0.3) is 0 Å². The van der Waals surface area contributed by atoms with Crippen molar-refractivity contribution in [2.45, 2.75) is 72.3 Å². The molecule has 0 radical (unpaired) electrons. The maximum Gasteiger partial charge on any atom is 0.0571 e. The molecule has 14 heavy (non-hydrogen) atoms. The highest BCUT2D eigenvalue weighted by atomic mass is 16.5. The Labute approximate surface area is 90.2 Å². The Hall–Kier alpha value is -0.0400. The van der Waals surface area contributed by atoms with Gasteiger partial charge in [0, 0.05) is 7.11 Å². The highest BCUT2D eigenvalue weighted by molar-refractivity contribution is 4.64. The predicted octanol–water partition coefficient (Wildman–Crippen LogP) is 4.41. The normalized spacial score (nSPS) is 14.4. The van der Waals surface area contributed by atoms with E-state index in [2.05, 4.69) is 27.7 Å². The van der Waals surface area contributed by atoms with Crippen LogP contribution in [0, 0.1) is 5.41 Å². The first-order valence-electron chi connectivity index (χ1n) is 6.02. The van der Waals surface area contributed by atoms with Crippen molar-refractivity contribution in [1.82, 2.24) is 0 Å². The summed E-state index contributed by atoms with van der Waals surface area (Å²) in [6.45, 7) is 9.16. The largest absolute Gasteiger partial charge is 0.381 e. The fourth-order valence-electron chi connectivity index (χ4n) is 1.67. The number of ether oxygens (including phenoxy) is 1. The Morgan fingerprint density at radius 3 is 2.07 bits per heavy atom. The highest BCUT2D eigenvalue weighted by Crippen LogP contribution is 2.23. The quantitative estimate of drug-likeness (QED) is 0.591. The Bertz CT molecular complexity index is 124. The van der Waals surface area contributed by atoms with E-state index in [1.807, 2.05) is 7.11 Å². The molecule has 0 aromatic carbocycles. The first kappa shape index (κ1) is 14.0. The van der Waals surface area contributed by atoms with Crippen LogP contribution in [0.5, 0.6) is 0 Å². The standard InChI is InChI=1S/C13H28O/c1-6-7-9-12(14-5)10-8-11-13(2,3)4/h12H,6-11H2,1-5H3/t12-/m1/s1. The average Bonchev–Trinajstić information content (AvgIpc) is 2.09. The van der Waals surface area contributed by atoms with Crippen LogP contribution in [0.2, 0.25) is 0 Å². The van der Waals surface area contributed by atoms with E-state index in [0.717, 1.165) is 0 Å². The topological polar surface area (TPSA) is 9.23 Å². The summed E-state index contributed by atoms with van der Waals surface area (Å²) in [5, 5.41) is 0. The summed E-state index contributed by atoms with van der Waals surface area (Å²) in [5.41, 5.74) is 0.475. The van der Waals surface area contributed by atoms with Gasteiger partial charge in [0.15, 0.2) is 0 Å². The molecule has 0 aliphatic heterocycles. The summed E-state index contributed by atoms with van der Waals surface area (Å²) >= 11 is 0. The fraction of sp³-hybridized carbons (Fsp3) is 1.00. The van der Waals surface area contributed by atoms with E-state index in [1.165, 1.54) is 38.5 Å². The number of hydrogen-bond donors (Lipinski definition) is 0. The van der Waals surface area contributed by atoms with Gasteiger partial charge in [-0.3, -0.25) is 0 Å². The van der Waals surface area contributed by atoms with Gasteiger partial charge in [0.2, 0.25) is 0 Å². The Morgan fingerprint density at radius 2 is 1.64 bits per heavy atom. The molecule has 0 N–H and O–H groups in total. The van der Waals surface area contributed by atoms with Crippen molar-refractivity contribution in [3.63, 3.8) is 0 Å². The SMILES string of the molecule is CCCC[C@H](CCCC(C)(C)C)OC. The minimum absolute atomic E-state index is 0.475. The lowest BCUT2D eigenvalue weighted by molar-refractivity contribution is 0.0813. The Kier molecular flexibility index (Phi) is 7.26. The smallest absolute Gasteiger partial charge is 0.0571 e. The molecule has 0 saturated carbocycles. The maximum atomic E-state index is 5.47. The molecule has 0 saturated heterocycles. The third-order valence-electron chi connectivity index (χ3n) is 2.67. The lowest BCUT2D eigenvalue weighted by atomic mass is 9.89. The average molecular weight is 200 g/mol. The number of hydrogen-bond acceptors (Lipinski definition) is 1. The number of unbranched alkanes of at least 4 members (excludes halogenated alkanes) is 1. The molecule has 1 nitrogen and oxygen atoms in total. The second-order valence-corrected chi connectivity index (χ2v) is 5.45. The molecule has 0 aliphatic carbocycles. The van der Waals surface area contributed by atoms with Gasteiger partial charge in [0.1, 0.15) is 0 Å². The molecular formula is C13H28O. The summed E-state index contributed by atoms with van der Waals surface area (Å²) in [6.07, 6.45) is 8.14. The van der Waals surface area contributed by atoms with Crippen molar-refractivity contribution >= 4 is 0 Å². The van der Waals surface area contributed by atoms with Crippen LogP contribution in [-0.2, 0) is 4.74 Å². The van der Waals surface area contributed by atoms with E-state index >= 15 is 0 Å². The predicted molar refractivity (Wildman–Crippen MR) is 63.6 cm³/mol. The van der Waals surface area contributed by atoms with E-state index in [0.29, 0.717) is 11.5 Å². The lowest BCUT2D eigenvalue weighted by Crippen LogP contribution is -2.12. The molecule has 0 aromatic rings. The Morgan fingerprint density at radius 1 is 1.07 bits per heavy atom. The van der Waals surface area contributed by atoms with Crippen LogP contribution in [0.1, 0.15) is 66.2 Å². The van der Waals surface area contributed by atoms with E-state index in [-0.39, 0.29) is 0 Å². The second kappa shape index (κ2) is 7.28. The van der Waals surface area contributed by atoms with Crippen LogP contribution < -0.4 is 0 Å². The van der Waals surface area contributed by atoms with Crippen LogP contribution in [-0.4, -0.2) is 13.2 Å². The summed E-state index contributed by atoms with van der Waals surface area (Å²) in [6, 6.07) is 0. The van der Waals surface area contributed by atoms with Gasteiger partial charge in [-0.25, -0.2) is 0 Å². The maximum absolute atomic E-state index is 5.47. The molecule has 0 amide bonds. The molecule has 0 fully saturated rings. The molecular weight excluding hydrogens is 172 g/mol. The van der Waals surface area contributed by atoms with Gasteiger partial charge < -0.3 is 4.74 Å². The van der Waals surface area contributed by atoms with Crippen molar-refractivity contribution in [2.24, 2.45) is 5.41 Å². The summed E-state index contributed by atoms with van der Waals surface area (Å²) in [4.78, 5) is 0. The number of rotatable bonds is 7. The molecule has 0 rings (SSSR count). The Balaban J connectivity index is 3.52. The van der Waals surface area contributed by atoms with Gasteiger partial charge in [-0.2, -0.15) is 0 Å². The molecule has 0 aromatic heterocycles. The fourth-order valence-corrected chi connectivity index (χ4v) is 1.67. The summed E-state index contributed by atoms with van der Waals surface area (Å²) < 4.78 is 5.47. The van der Waals surface area contributed by atoms with Gasteiger partial charge in [-0.1, -0.05) is 47.0 Å². The highest BCUT2D eigenvalue weighted by Gasteiger charge is 2.12. The van der Waals surface area contributed by atoms with Crippen molar-refractivity contribution in [3.8, 4) is 0 Å². The van der Waals surface area contributed by atoms with Gasteiger partial charge in [-0.05, 0) is 24.7 Å². The van der Waals surface area contributed by atoms with Crippen LogP contribution >= 0.6 is 0 Å². The van der Waals surface area contributed by atoms with Gasteiger partial charge in [-0.15, -0.1) is 0 Å². The third kappa shape index (κ3) is 8.55. The molecule has 1 heteroatoms. The molecule has 0 heterocycles. The molecule has 0 bridgehead atoms. The monoisotopic (exact) mass is 200 g/mol. The first-order chi connectivity index (χ1) is 6.49. The van der Waals surface area contributed by atoms with Gasteiger partial charge >= 0.3 is 0 Å². The minimum atomic E-state index is 0.475. The molecule has 86 valence electrons. The van der Waals surface area contributed by atoms with Crippen LogP contribution in [0.3, 0.4) is 0 Å². The zero-order chi connectivity index (χ0) is 11.0. The van der Waals surface area contributed by atoms with E-state index in [9.17, 15) is 0 Å². The van der Waals surface area contributed by atoms with Crippen LogP contribution in [0.15, 0.2) is 0 Å². The summed E-state index contributed by atoms with van der Waals surface area (Å²) in [7, 11) is 1.84. The van der Waals surface area contributed by atoms with Gasteiger partial charge in [0.05, 0.1) is 6.10 Å². The van der Waals surface area contributed by atoms with E-state index < -0.39 is 0 Å². The molecule has 1 atom stereocenters. The van der Waals surface area contributed by atoms with E-state index in [1.54, 1.807) is 0 Å². The summed E-state index contributed by atoms with van der Waals surface area (Å²) in [5.74, 6) is 0. The van der Waals surface area contributed by atoms with Crippen molar-refractivity contribution < 1.29 is 4.74 Å². The second-order valence-electron chi connectivity index (χ2n) is 5.45. The first-order valence-corrected chi connectivity index (χ1v) is 6.02. The lowest BCUT2D eigenvalue weighted by Gasteiger charge is -2.20.